The van der Waals surface area contributed by atoms with E-state index < -0.39 is 0 Å². The summed E-state index contributed by atoms with van der Waals surface area (Å²) in [5, 5.41) is 0. The zero-order valence-corrected chi connectivity index (χ0v) is 11.3. The second kappa shape index (κ2) is 8.12. The standard InChI is InChI=1S/C13H30N2/c1-6-7-8-9-10-11(2)13(12(3)14)15(4)5/h11-13H,6-10,14H2,1-5H3. The molecule has 0 aliphatic carbocycles. The Morgan fingerprint density at radius 1 is 1.07 bits per heavy atom. The highest BCUT2D eigenvalue weighted by molar-refractivity contribution is 4.80. The number of rotatable bonds is 8. The topological polar surface area (TPSA) is 29.3 Å². The van der Waals surface area contributed by atoms with Crippen LogP contribution in [0.3, 0.4) is 0 Å². The number of nitrogens with two attached hydrogens (primary N) is 1. The van der Waals surface area contributed by atoms with Crippen molar-refractivity contribution in [3.05, 3.63) is 0 Å². The van der Waals surface area contributed by atoms with Crippen LogP contribution in [0, 0.1) is 5.92 Å². The molecule has 2 heteroatoms. The molecule has 15 heavy (non-hydrogen) atoms. The molecular formula is C13H30N2. The van der Waals surface area contributed by atoms with E-state index in [0.29, 0.717) is 12.0 Å². The zero-order chi connectivity index (χ0) is 11.8. The minimum absolute atomic E-state index is 0.265. The van der Waals surface area contributed by atoms with E-state index in [9.17, 15) is 0 Å². The lowest BCUT2D eigenvalue weighted by Crippen LogP contribution is -2.46. The van der Waals surface area contributed by atoms with Crippen molar-refractivity contribution in [2.24, 2.45) is 11.7 Å². The zero-order valence-electron chi connectivity index (χ0n) is 11.3. The molecule has 0 heterocycles. The van der Waals surface area contributed by atoms with Crippen LogP contribution in [0.1, 0.15) is 52.9 Å². The van der Waals surface area contributed by atoms with Gasteiger partial charge >= 0.3 is 0 Å². The minimum Gasteiger partial charge on any atom is -0.327 e. The molecule has 0 aromatic heterocycles. The first-order chi connectivity index (χ1) is 7.00. The Morgan fingerprint density at radius 2 is 1.67 bits per heavy atom. The maximum atomic E-state index is 6.03. The summed E-state index contributed by atoms with van der Waals surface area (Å²) in [7, 11) is 4.27. The summed E-state index contributed by atoms with van der Waals surface area (Å²) in [5.74, 6) is 0.705. The second-order valence-corrected chi connectivity index (χ2v) is 5.14. The third-order valence-electron chi connectivity index (χ3n) is 3.23. The fourth-order valence-corrected chi connectivity index (χ4v) is 2.56. The summed E-state index contributed by atoms with van der Waals surface area (Å²) in [6.07, 6.45) is 6.73. The highest BCUT2D eigenvalue weighted by Gasteiger charge is 2.22. The molecule has 0 aromatic rings. The van der Waals surface area contributed by atoms with Crippen molar-refractivity contribution in [1.29, 1.82) is 0 Å². The van der Waals surface area contributed by atoms with Crippen molar-refractivity contribution >= 4 is 0 Å². The number of hydrogen-bond donors (Lipinski definition) is 1. The van der Waals surface area contributed by atoms with Gasteiger partial charge in [0, 0.05) is 12.1 Å². The van der Waals surface area contributed by atoms with Crippen LogP contribution in [-0.2, 0) is 0 Å². The van der Waals surface area contributed by atoms with E-state index in [-0.39, 0.29) is 6.04 Å². The maximum Gasteiger partial charge on any atom is 0.0263 e. The lowest BCUT2D eigenvalue weighted by molar-refractivity contribution is 0.183. The fraction of sp³-hybridized carbons (Fsp3) is 1.00. The molecule has 0 radical (unpaired) electrons. The lowest BCUT2D eigenvalue weighted by Gasteiger charge is -2.33. The van der Waals surface area contributed by atoms with E-state index in [1.165, 1.54) is 32.1 Å². The van der Waals surface area contributed by atoms with Crippen LogP contribution in [0.5, 0.6) is 0 Å². The summed E-state index contributed by atoms with van der Waals surface area (Å²) in [5.41, 5.74) is 6.03. The maximum absolute atomic E-state index is 6.03. The summed E-state index contributed by atoms with van der Waals surface area (Å²) in [4.78, 5) is 2.27. The SMILES string of the molecule is CCCCCCC(C)C(C(C)N)N(C)C. The van der Waals surface area contributed by atoms with Gasteiger partial charge in [-0.05, 0) is 33.4 Å². The Labute approximate surface area is 96.2 Å². The van der Waals surface area contributed by atoms with Crippen LogP contribution in [0.2, 0.25) is 0 Å². The number of nitrogens with zero attached hydrogens (tertiary/aromatic N) is 1. The molecule has 0 rings (SSSR count). The molecule has 0 aliphatic heterocycles. The van der Waals surface area contributed by atoms with Gasteiger partial charge in [-0.15, -0.1) is 0 Å². The van der Waals surface area contributed by atoms with Crippen LogP contribution in [0.25, 0.3) is 0 Å². The van der Waals surface area contributed by atoms with Crippen LogP contribution < -0.4 is 5.73 Å². The third-order valence-corrected chi connectivity index (χ3v) is 3.23. The van der Waals surface area contributed by atoms with Crippen molar-refractivity contribution in [2.45, 2.75) is 65.0 Å². The van der Waals surface area contributed by atoms with E-state index >= 15 is 0 Å². The Kier molecular flexibility index (Phi) is 8.07. The predicted octanol–water partition coefficient (Wildman–Crippen LogP) is 2.87. The summed E-state index contributed by atoms with van der Waals surface area (Å²) in [6.45, 7) is 6.71. The number of unbranched alkanes of at least 4 members (excludes halogenated alkanes) is 3. The second-order valence-electron chi connectivity index (χ2n) is 5.14. The van der Waals surface area contributed by atoms with E-state index in [4.69, 9.17) is 5.73 Å². The van der Waals surface area contributed by atoms with Gasteiger partial charge in [0.05, 0.1) is 0 Å². The van der Waals surface area contributed by atoms with Crippen LogP contribution in [0.15, 0.2) is 0 Å². The van der Waals surface area contributed by atoms with Crippen molar-refractivity contribution in [3.63, 3.8) is 0 Å². The average Bonchev–Trinajstić information content (AvgIpc) is 2.11. The quantitative estimate of drug-likeness (QED) is 0.630. The molecule has 2 nitrogen and oxygen atoms in total. The molecule has 0 fully saturated rings. The molecule has 3 atom stereocenters. The van der Waals surface area contributed by atoms with Crippen LogP contribution in [0.4, 0.5) is 0 Å². The van der Waals surface area contributed by atoms with E-state index in [0.717, 1.165) is 0 Å². The smallest absolute Gasteiger partial charge is 0.0263 e. The first-order valence-electron chi connectivity index (χ1n) is 6.42. The van der Waals surface area contributed by atoms with Gasteiger partial charge in [0.1, 0.15) is 0 Å². The molecule has 0 spiro atoms. The van der Waals surface area contributed by atoms with Gasteiger partial charge in [0.15, 0.2) is 0 Å². The molecule has 0 amide bonds. The van der Waals surface area contributed by atoms with E-state index in [1.807, 2.05) is 0 Å². The fourth-order valence-electron chi connectivity index (χ4n) is 2.56. The monoisotopic (exact) mass is 214 g/mol. The molecular weight excluding hydrogens is 184 g/mol. The molecule has 0 saturated carbocycles. The number of hydrogen-bond acceptors (Lipinski definition) is 2. The van der Waals surface area contributed by atoms with Gasteiger partial charge < -0.3 is 10.6 Å². The van der Waals surface area contributed by atoms with Gasteiger partial charge in [0.25, 0.3) is 0 Å². The highest BCUT2D eigenvalue weighted by atomic mass is 15.1. The van der Waals surface area contributed by atoms with Gasteiger partial charge in [-0.1, -0.05) is 39.5 Å². The van der Waals surface area contributed by atoms with Gasteiger partial charge in [-0.3, -0.25) is 0 Å². The molecule has 0 saturated heterocycles. The Hall–Kier alpha value is -0.0800. The first-order valence-corrected chi connectivity index (χ1v) is 6.42. The van der Waals surface area contributed by atoms with Crippen molar-refractivity contribution < 1.29 is 0 Å². The van der Waals surface area contributed by atoms with Gasteiger partial charge in [-0.25, -0.2) is 0 Å². The predicted molar refractivity (Wildman–Crippen MR) is 69.0 cm³/mol. The Morgan fingerprint density at radius 3 is 2.07 bits per heavy atom. The van der Waals surface area contributed by atoms with Crippen molar-refractivity contribution in [2.75, 3.05) is 14.1 Å². The van der Waals surface area contributed by atoms with Gasteiger partial charge in [0.2, 0.25) is 0 Å². The number of likely N-dealkylation sites (N-methyl/N-ethyl adjacent to an activating group) is 1. The molecule has 0 aromatic carbocycles. The van der Waals surface area contributed by atoms with Crippen molar-refractivity contribution in [1.82, 2.24) is 4.90 Å². The summed E-state index contributed by atoms with van der Waals surface area (Å²) >= 11 is 0. The summed E-state index contributed by atoms with van der Waals surface area (Å²) < 4.78 is 0. The van der Waals surface area contributed by atoms with E-state index in [2.05, 4.69) is 39.8 Å². The Bertz CT molecular complexity index is 135. The van der Waals surface area contributed by atoms with E-state index in [1.54, 1.807) is 0 Å². The largest absolute Gasteiger partial charge is 0.327 e. The molecule has 2 N–H and O–H groups in total. The Balaban J connectivity index is 3.87. The molecule has 92 valence electrons. The van der Waals surface area contributed by atoms with Crippen molar-refractivity contribution in [3.8, 4) is 0 Å². The first kappa shape index (κ1) is 14.9. The van der Waals surface area contributed by atoms with Crippen LogP contribution >= 0.6 is 0 Å². The molecule has 0 aliphatic rings. The normalized spacial score (nSPS) is 17.8. The van der Waals surface area contributed by atoms with Crippen LogP contribution in [-0.4, -0.2) is 31.1 Å². The summed E-state index contributed by atoms with van der Waals surface area (Å²) in [6, 6.07) is 0.785. The molecule has 3 unspecified atom stereocenters. The molecule has 0 bridgehead atoms. The third kappa shape index (κ3) is 6.16. The average molecular weight is 214 g/mol. The lowest BCUT2D eigenvalue weighted by atomic mass is 9.90. The van der Waals surface area contributed by atoms with Gasteiger partial charge in [-0.2, -0.15) is 0 Å². The minimum atomic E-state index is 0.265. The highest BCUT2D eigenvalue weighted by Crippen LogP contribution is 2.18.